The smallest absolute Gasteiger partial charge is 0.410 e. The maximum Gasteiger partial charge on any atom is 0.410 e. The number of nitrogens with one attached hydrogen (secondary N) is 1. The number of likely N-dealkylation sites (tertiary alicyclic amines) is 1. The van der Waals surface area contributed by atoms with E-state index < -0.39 is 5.60 Å². The van der Waals surface area contributed by atoms with Gasteiger partial charge in [0.25, 0.3) is 0 Å². The molecule has 0 aliphatic carbocycles. The molecule has 1 aliphatic rings. The topological polar surface area (TPSA) is 80.5 Å². The summed E-state index contributed by atoms with van der Waals surface area (Å²) in [7, 11) is 0. The Balaban J connectivity index is 0.00000126. The van der Waals surface area contributed by atoms with Crippen molar-refractivity contribution in [2.45, 2.75) is 59.1 Å². The molecule has 7 heteroatoms. The number of carbonyl (C=O) groups excluding carboxylic acids is 1. The number of carbonyl (C=O) groups is 1. The second-order valence-corrected chi connectivity index (χ2v) is 7.14. The van der Waals surface area contributed by atoms with Crippen molar-refractivity contribution < 1.29 is 14.1 Å². The first-order valence-corrected chi connectivity index (χ1v) is 9.55. The molecule has 0 saturated carbocycles. The molecule has 2 heterocycles. The van der Waals surface area contributed by atoms with Crippen LogP contribution < -0.4 is 5.32 Å². The van der Waals surface area contributed by atoms with Crippen LogP contribution >= 0.6 is 0 Å². The minimum atomic E-state index is -0.491. The Hall–Kier alpha value is -2.57. The molecule has 1 fully saturated rings. The zero-order valence-corrected chi connectivity index (χ0v) is 16.9. The molecule has 1 saturated heterocycles. The highest BCUT2D eigenvalue weighted by molar-refractivity contribution is 5.69. The third kappa shape index (κ3) is 5.98. The van der Waals surface area contributed by atoms with Gasteiger partial charge in [0.15, 0.2) is 0 Å². The summed E-state index contributed by atoms with van der Waals surface area (Å²) >= 11 is 0. The number of benzene rings is 1. The van der Waals surface area contributed by atoms with Gasteiger partial charge in [-0.15, -0.1) is 0 Å². The Bertz CT molecular complexity index is 710. The number of anilines is 1. The molecule has 3 rings (SSSR count). The first-order chi connectivity index (χ1) is 12.9. The zero-order chi connectivity index (χ0) is 19.9. The first-order valence-electron chi connectivity index (χ1n) is 9.55. The van der Waals surface area contributed by atoms with E-state index in [1.54, 1.807) is 4.90 Å². The largest absolute Gasteiger partial charge is 0.444 e. The lowest BCUT2D eigenvalue weighted by atomic mass is 10.2. The minimum absolute atomic E-state index is 0.0573. The predicted octanol–water partition coefficient (Wildman–Crippen LogP) is 4.57. The van der Waals surface area contributed by atoms with Crippen molar-refractivity contribution in [1.29, 1.82) is 0 Å². The van der Waals surface area contributed by atoms with Crippen molar-refractivity contribution in [3.63, 3.8) is 0 Å². The minimum Gasteiger partial charge on any atom is -0.444 e. The zero-order valence-electron chi connectivity index (χ0n) is 16.9. The highest BCUT2D eigenvalue weighted by Gasteiger charge is 2.32. The molecule has 1 aromatic heterocycles. The van der Waals surface area contributed by atoms with Crippen molar-refractivity contribution in [2.24, 2.45) is 0 Å². The van der Waals surface area contributed by atoms with Crippen molar-refractivity contribution in [3.8, 4) is 11.4 Å². The number of rotatable bonds is 4. The summed E-state index contributed by atoms with van der Waals surface area (Å²) in [6, 6.07) is 10.1. The Morgan fingerprint density at radius 2 is 2.00 bits per heavy atom. The summed E-state index contributed by atoms with van der Waals surface area (Å²) in [5.41, 5.74) is 0.407. The summed E-state index contributed by atoms with van der Waals surface area (Å²) in [6.07, 6.45) is 1.61. The lowest BCUT2D eigenvalue weighted by Crippen LogP contribution is -2.42. The molecule has 1 aliphatic heterocycles. The van der Waals surface area contributed by atoms with Crippen LogP contribution in [0, 0.1) is 0 Å². The Morgan fingerprint density at radius 3 is 2.67 bits per heavy atom. The molecule has 0 bridgehead atoms. The molecule has 1 atom stereocenters. The van der Waals surface area contributed by atoms with Crippen LogP contribution in [0.1, 0.15) is 47.5 Å². The lowest BCUT2D eigenvalue weighted by molar-refractivity contribution is 0.0234. The molecule has 27 heavy (non-hydrogen) atoms. The highest BCUT2D eigenvalue weighted by Crippen LogP contribution is 2.22. The fraction of sp³-hybridized carbons (Fsp3) is 0.550. The summed E-state index contributed by atoms with van der Waals surface area (Å²) in [5.74, 6) is 0.540. The van der Waals surface area contributed by atoms with Gasteiger partial charge >= 0.3 is 12.1 Å². The molecule has 148 valence electrons. The SMILES string of the molecule is CC.CC(C)(C)OC(=O)N1CCC[C@H]1CNc1nc(-c2ccccc2)no1. The van der Waals surface area contributed by atoms with Gasteiger partial charge in [0.1, 0.15) is 5.60 Å². The maximum absolute atomic E-state index is 12.3. The van der Waals surface area contributed by atoms with Crippen LogP contribution in [0.25, 0.3) is 11.4 Å². The van der Waals surface area contributed by atoms with E-state index >= 15 is 0 Å². The molecule has 0 spiro atoms. The van der Waals surface area contributed by atoms with Crippen LogP contribution in [0.4, 0.5) is 10.8 Å². The quantitative estimate of drug-likeness (QED) is 0.844. The maximum atomic E-state index is 12.3. The van der Waals surface area contributed by atoms with Crippen molar-refractivity contribution >= 4 is 12.1 Å². The second kappa shape index (κ2) is 9.39. The van der Waals surface area contributed by atoms with Crippen LogP contribution in [-0.4, -0.2) is 45.9 Å². The van der Waals surface area contributed by atoms with Gasteiger partial charge in [-0.25, -0.2) is 4.79 Å². The first kappa shape index (κ1) is 20.7. The van der Waals surface area contributed by atoms with E-state index in [0.717, 1.165) is 18.4 Å². The molecule has 1 amide bonds. The third-order valence-corrected chi connectivity index (χ3v) is 3.95. The van der Waals surface area contributed by atoms with E-state index in [1.165, 1.54) is 0 Å². The summed E-state index contributed by atoms with van der Waals surface area (Å²) in [6.45, 7) is 10.9. The predicted molar refractivity (Wildman–Crippen MR) is 106 cm³/mol. The number of aromatic nitrogens is 2. The van der Waals surface area contributed by atoms with E-state index in [1.807, 2.05) is 65.0 Å². The van der Waals surface area contributed by atoms with Crippen molar-refractivity contribution in [1.82, 2.24) is 15.0 Å². The van der Waals surface area contributed by atoms with Crippen molar-refractivity contribution in [2.75, 3.05) is 18.4 Å². The van der Waals surface area contributed by atoms with E-state index in [4.69, 9.17) is 9.26 Å². The molecule has 7 nitrogen and oxygen atoms in total. The van der Waals surface area contributed by atoms with E-state index in [-0.39, 0.29) is 12.1 Å². The van der Waals surface area contributed by atoms with Gasteiger partial charge in [0, 0.05) is 18.7 Å². The normalized spacial score (nSPS) is 16.5. The number of amides is 1. The molecule has 1 aromatic carbocycles. The van der Waals surface area contributed by atoms with Gasteiger partial charge in [0.05, 0.1) is 6.04 Å². The third-order valence-electron chi connectivity index (χ3n) is 3.95. The molecule has 2 aromatic rings. The number of nitrogens with zero attached hydrogens (tertiary/aromatic N) is 3. The summed E-state index contributed by atoms with van der Waals surface area (Å²) < 4.78 is 10.7. The number of ether oxygens (including phenoxy) is 1. The van der Waals surface area contributed by atoms with Crippen LogP contribution in [0.5, 0.6) is 0 Å². The second-order valence-electron chi connectivity index (χ2n) is 7.14. The Labute approximate surface area is 161 Å². The van der Waals surface area contributed by atoms with Gasteiger partial charge in [-0.05, 0) is 33.6 Å². The van der Waals surface area contributed by atoms with Gasteiger partial charge in [-0.2, -0.15) is 4.98 Å². The molecule has 0 radical (unpaired) electrons. The lowest BCUT2D eigenvalue weighted by Gasteiger charge is -2.28. The van der Waals surface area contributed by atoms with Crippen LogP contribution in [0.15, 0.2) is 34.9 Å². The van der Waals surface area contributed by atoms with Gasteiger partial charge < -0.3 is 19.5 Å². The molecule has 0 unspecified atom stereocenters. The molecular formula is C20H30N4O3. The van der Waals surface area contributed by atoms with Crippen LogP contribution in [-0.2, 0) is 4.74 Å². The standard InChI is InChI=1S/C18H24N4O3.C2H6/c1-18(2,3)24-17(23)22-11-7-10-14(22)12-19-16-20-15(21-25-16)13-8-5-4-6-9-13;1-2/h4-6,8-9,14H,7,10-12H2,1-3H3,(H,19,20,21);1-2H3/t14-;/m0./s1. The summed E-state index contributed by atoms with van der Waals surface area (Å²) in [5, 5.41) is 7.12. The van der Waals surface area contributed by atoms with Gasteiger partial charge in [-0.3, -0.25) is 0 Å². The number of hydrogen-bond donors (Lipinski definition) is 1. The van der Waals surface area contributed by atoms with E-state index in [2.05, 4.69) is 15.5 Å². The monoisotopic (exact) mass is 374 g/mol. The van der Waals surface area contributed by atoms with Crippen molar-refractivity contribution in [3.05, 3.63) is 30.3 Å². The number of hydrogen-bond acceptors (Lipinski definition) is 6. The average molecular weight is 374 g/mol. The van der Waals surface area contributed by atoms with Gasteiger partial charge in [-0.1, -0.05) is 49.3 Å². The van der Waals surface area contributed by atoms with Crippen LogP contribution in [0.3, 0.4) is 0 Å². The fourth-order valence-electron chi connectivity index (χ4n) is 2.81. The molecule has 1 N–H and O–H groups in total. The Morgan fingerprint density at radius 1 is 1.30 bits per heavy atom. The van der Waals surface area contributed by atoms with Gasteiger partial charge in [0.2, 0.25) is 5.82 Å². The fourth-order valence-corrected chi connectivity index (χ4v) is 2.81. The summed E-state index contributed by atoms with van der Waals surface area (Å²) in [4.78, 5) is 18.4. The highest BCUT2D eigenvalue weighted by atomic mass is 16.6. The Kier molecular flexibility index (Phi) is 7.21. The molecular weight excluding hydrogens is 344 g/mol. The average Bonchev–Trinajstić information content (AvgIpc) is 3.30. The van der Waals surface area contributed by atoms with E-state index in [0.29, 0.717) is 24.9 Å². The van der Waals surface area contributed by atoms with E-state index in [9.17, 15) is 4.79 Å². The van der Waals surface area contributed by atoms with Crippen LogP contribution in [0.2, 0.25) is 0 Å².